The predicted molar refractivity (Wildman–Crippen MR) is 79.2 cm³/mol. The third-order valence-corrected chi connectivity index (χ3v) is 3.02. The lowest BCUT2D eigenvalue weighted by Crippen LogP contribution is -2.15. The van der Waals surface area contributed by atoms with Gasteiger partial charge in [0, 0.05) is 5.56 Å². The van der Waals surface area contributed by atoms with Crippen LogP contribution in [-0.2, 0) is 18.3 Å². The largest absolute Gasteiger partial charge is 0.507 e. The molecule has 1 aromatic rings. The molecule has 0 aliphatic heterocycles. The summed E-state index contributed by atoms with van der Waals surface area (Å²) < 4.78 is 0. The van der Waals surface area contributed by atoms with E-state index < -0.39 is 0 Å². The van der Waals surface area contributed by atoms with Crippen molar-refractivity contribution in [3.8, 4) is 5.75 Å². The number of aromatic hydroxyl groups is 1. The monoisotopic (exact) mass is 244 g/mol. The Bertz CT molecular complexity index is 461. The van der Waals surface area contributed by atoms with Crippen molar-refractivity contribution in [3.05, 3.63) is 53.6 Å². The van der Waals surface area contributed by atoms with Gasteiger partial charge in [0.1, 0.15) is 5.75 Å². The summed E-state index contributed by atoms with van der Waals surface area (Å²) in [4.78, 5) is 0. The Hall–Kier alpha value is -1.50. The Kier molecular flexibility index (Phi) is 4.39. The van der Waals surface area contributed by atoms with Crippen molar-refractivity contribution >= 4 is 0 Å². The van der Waals surface area contributed by atoms with Crippen molar-refractivity contribution in [2.45, 2.75) is 46.0 Å². The fraction of sp³-hybridized carbons (Fsp3) is 0.412. The number of benzene rings is 1. The van der Waals surface area contributed by atoms with Crippen LogP contribution < -0.4 is 0 Å². The molecule has 0 spiro atoms. The minimum atomic E-state index is 0.0228. The molecule has 0 unspecified atom stereocenters. The first-order valence-corrected chi connectivity index (χ1v) is 6.37. The highest BCUT2D eigenvalue weighted by molar-refractivity contribution is 5.50. The zero-order valence-electron chi connectivity index (χ0n) is 12.0. The summed E-state index contributed by atoms with van der Waals surface area (Å²) in [5.41, 5.74) is 4.22. The second kappa shape index (κ2) is 5.43. The molecule has 0 atom stereocenters. The van der Waals surface area contributed by atoms with Crippen LogP contribution in [0, 0.1) is 0 Å². The number of hydrogen-bond donors (Lipinski definition) is 1. The van der Waals surface area contributed by atoms with E-state index in [1.54, 1.807) is 0 Å². The number of hydrogen-bond acceptors (Lipinski definition) is 1. The van der Waals surface area contributed by atoms with E-state index in [2.05, 4.69) is 40.0 Å². The molecule has 1 heteroatoms. The highest BCUT2D eigenvalue weighted by Crippen LogP contribution is 2.35. The first-order valence-electron chi connectivity index (χ1n) is 6.37. The Morgan fingerprint density at radius 1 is 1.33 bits per heavy atom. The highest BCUT2D eigenvalue weighted by atomic mass is 16.3. The quantitative estimate of drug-likeness (QED) is 0.771. The van der Waals surface area contributed by atoms with Crippen molar-refractivity contribution < 1.29 is 5.11 Å². The maximum atomic E-state index is 10.4. The molecule has 1 aromatic carbocycles. The molecule has 0 fully saturated rings. The SMILES string of the molecule is C=CCc1ccc(C(C)(C)C)c(CC(=C)C)c1O. The van der Waals surface area contributed by atoms with E-state index in [0.717, 1.165) is 23.1 Å². The molecule has 0 aromatic heterocycles. The van der Waals surface area contributed by atoms with E-state index in [0.29, 0.717) is 12.2 Å². The third kappa shape index (κ3) is 3.25. The average Bonchev–Trinajstić information content (AvgIpc) is 2.22. The lowest BCUT2D eigenvalue weighted by atomic mass is 9.81. The van der Waals surface area contributed by atoms with Crippen molar-refractivity contribution in [3.63, 3.8) is 0 Å². The van der Waals surface area contributed by atoms with E-state index in [-0.39, 0.29) is 5.41 Å². The van der Waals surface area contributed by atoms with Gasteiger partial charge in [-0.25, -0.2) is 0 Å². The third-order valence-electron chi connectivity index (χ3n) is 3.02. The molecule has 0 aliphatic carbocycles. The number of rotatable bonds is 4. The van der Waals surface area contributed by atoms with Crippen LogP contribution in [0.3, 0.4) is 0 Å². The number of phenolic OH excluding ortho intramolecular Hbond substituents is 1. The Balaban J connectivity index is 3.40. The van der Waals surface area contributed by atoms with Crippen molar-refractivity contribution in [2.24, 2.45) is 0 Å². The second-order valence-corrected chi connectivity index (χ2v) is 5.98. The molecule has 18 heavy (non-hydrogen) atoms. The Labute approximate surface area is 111 Å². The van der Waals surface area contributed by atoms with Gasteiger partial charge >= 0.3 is 0 Å². The van der Waals surface area contributed by atoms with Gasteiger partial charge < -0.3 is 5.11 Å². The summed E-state index contributed by atoms with van der Waals surface area (Å²) in [6.07, 6.45) is 3.24. The van der Waals surface area contributed by atoms with Crippen molar-refractivity contribution in [2.75, 3.05) is 0 Å². The van der Waals surface area contributed by atoms with Crippen LogP contribution in [0.5, 0.6) is 5.75 Å². The maximum Gasteiger partial charge on any atom is 0.122 e. The first kappa shape index (κ1) is 14.6. The van der Waals surface area contributed by atoms with Gasteiger partial charge in [-0.3, -0.25) is 0 Å². The lowest BCUT2D eigenvalue weighted by Gasteiger charge is -2.25. The zero-order valence-corrected chi connectivity index (χ0v) is 12.0. The number of phenols is 1. The van der Waals surface area contributed by atoms with Gasteiger partial charge in [-0.15, -0.1) is 6.58 Å². The lowest BCUT2D eigenvalue weighted by molar-refractivity contribution is 0.458. The summed E-state index contributed by atoms with van der Waals surface area (Å²) in [6, 6.07) is 4.12. The van der Waals surface area contributed by atoms with E-state index in [1.165, 1.54) is 5.56 Å². The van der Waals surface area contributed by atoms with Gasteiger partial charge in [-0.1, -0.05) is 51.1 Å². The van der Waals surface area contributed by atoms with Gasteiger partial charge in [0.15, 0.2) is 0 Å². The smallest absolute Gasteiger partial charge is 0.122 e. The summed E-state index contributed by atoms with van der Waals surface area (Å²) >= 11 is 0. The van der Waals surface area contributed by atoms with E-state index in [1.807, 2.05) is 19.1 Å². The summed E-state index contributed by atoms with van der Waals surface area (Å²) in [7, 11) is 0. The summed E-state index contributed by atoms with van der Waals surface area (Å²) in [5.74, 6) is 0.408. The molecule has 98 valence electrons. The van der Waals surface area contributed by atoms with Crippen LogP contribution in [0.25, 0.3) is 0 Å². The van der Waals surface area contributed by atoms with Crippen molar-refractivity contribution in [1.29, 1.82) is 0 Å². The molecule has 0 saturated carbocycles. The normalized spacial score (nSPS) is 11.3. The van der Waals surface area contributed by atoms with Crippen LogP contribution in [0.4, 0.5) is 0 Å². The van der Waals surface area contributed by atoms with Gasteiger partial charge in [0.05, 0.1) is 0 Å². The molecule has 0 saturated heterocycles. The van der Waals surface area contributed by atoms with Crippen molar-refractivity contribution in [1.82, 2.24) is 0 Å². The standard InChI is InChI=1S/C17H24O/c1-7-8-13-9-10-15(17(4,5)6)14(16(13)18)11-12(2)3/h7,9-10,18H,1-2,8,11H2,3-6H3. The minimum Gasteiger partial charge on any atom is -0.507 e. The van der Waals surface area contributed by atoms with Gasteiger partial charge in [0.25, 0.3) is 0 Å². The van der Waals surface area contributed by atoms with Crippen LogP contribution in [0.1, 0.15) is 44.4 Å². The van der Waals surface area contributed by atoms with E-state index >= 15 is 0 Å². The van der Waals surface area contributed by atoms with E-state index in [4.69, 9.17) is 0 Å². The minimum absolute atomic E-state index is 0.0228. The highest BCUT2D eigenvalue weighted by Gasteiger charge is 2.21. The summed E-state index contributed by atoms with van der Waals surface area (Å²) in [6.45, 7) is 16.2. The molecule has 1 rings (SSSR count). The van der Waals surface area contributed by atoms with Gasteiger partial charge in [-0.2, -0.15) is 0 Å². The van der Waals surface area contributed by atoms with Crippen LogP contribution in [0.2, 0.25) is 0 Å². The molecule has 0 radical (unpaired) electrons. The van der Waals surface area contributed by atoms with Crippen LogP contribution in [0.15, 0.2) is 36.9 Å². The van der Waals surface area contributed by atoms with E-state index in [9.17, 15) is 5.11 Å². The molecule has 0 amide bonds. The number of allylic oxidation sites excluding steroid dienone is 2. The second-order valence-electron chi connectivity index (χ2n) is 5.98. The average molecular weight is 244 g/mol. The first-order chi connectivity index (χ1) is 8.27. The summed E-state index contributed by atoms with van der Waals surface area (Å²) in [5, 5.41) is 10.4. The Morgan fingerprint density at radius 2 is 1.94 bits per heavy atom. The fourth-order valence-corrected chi connectivity index (χ4v) is 2.19. The molecular formula is C17H24O. The maximum absolute atomic E-state index is 10.4. The molecule has 0 bridgehead atoms. The van der Waals surface area contributed by atoms with Gasteiger partial charge in [-0.05, 0) is 36.3 Å². The predicted octanol–water partition coefficient (Wildman–Crippen LogP) is 4.54. The van der Waals surface area contributed by atoms with Gasteiger partial charge in [0.2, 0.25) is 0 Å². The van der Waals surface area contributed by atoms with Crippen LogP contribution in [-0.4, -0.2) is 5.11 Å². The molecule has 0 aliphatic rings. The van der Waals surface area contributed by atoms with Crippen LogP contribution >= 0.6 is 0 Å². The Morgan fingerprint density at radius 3 is 2.39 bits per heavy atom. The molecule has 1 N–H and O–H groups in total. The molecule has 1 nitrogen and oxygen atoms in total. The molecular weight excluding hydrogens is 220 g/mol. The zero-order chi connectivity index (χ0) is 13.9. The fourth-order valence-electron chi connectivity index (χ4n) is 2.19. The molecule has 0 heterocycles. The topological polar surface area (TPSA) is 20.2 Å².